The number of aliphatic hydroxyl groups excluding tert-OH is 3. The fraction of sp³-hybridized carbons (Fsp3) is 0.429. The molecule has 0 aliphatic rings. The molecule has 6 heteroatoms. The Labute approximate surface area is 159 Å². The standard InChI is InChI=1S/C21H27FO5/c1-21(2,15-3-7-19(8-4-15)26-13-17(24)11-22)16-5-9-20(10-6-16)27-14-18(25)12-23/h3-10,17-18,23-25H,11-14H2,1-2H3. The minimum atomic E-state index is -1.11. The Hall–Kier alpha value is -2.15. The zero-order valence-electron chi connectivity index (χ0n) is 15.6. The van der Waals surface area contributed by atoms with Gasteiger partial charge in [0.2, 0.25) is 0 Å². The van der Waals surface area contributed by atoms with Crippen LogP contribution >= 0.6 is 0 Å². The van der Waals surface area contributed by atoms with Crippen LogP contribution in [0.2, 0.25) is 0 Å². The molecule has 0 amide bonds. The van der Waals surface area contributed by atoms with Crippen molar-refractivity contribution in [3.8, 4) is 11.5 Å². The van der Waals surface area contributed by atoms with Crippen molar-refractivity contribution < 1.29 is 29.2 Å². The highest BCUT2D eigenvalue weighted by atomic mass is 19.1. The molecule has 148 valence electrons. The van der Waals surface area contributed by atoms with E-state index in [9.17, 15) is 14.6 Å². The topological polar surface area (TPSA) is 79.2 Å². The number of hydrogen-bond acceptors (Lipinski definition) is 5. The van der Waals surface area contributed by atoms with Gasteiger partial charge in [0.1, 0.15) is 43.6 Å². The molecule has 0 spiro atoms. The summed E-state index contributed by atoms with van der Waals surface area (Å²) >= 11 is 0. The average Bonchev–Trinajstić information content (AvgIpc) is 2.70. The minimum absolute atomic E-state index is 0.0395. The van der Waals surface area contributed by atoms with Crippen molar-refractivity contribution in [2.45, 2.75) is 31.5 Å². The highest BCUT2D eigenvalue weighted by molar-refractivity contribution is 5.41. The molecule has 0 aliphatic heterocycles. The largest absolute Gasteiger partial charge is 0.491 e. The molecule has 5 nitrogen and oxygen atoms in total. The van der Waals surface area contributed by atoms with Gasteiger partial charge in [0, 0.05) is 5.41 Å². The van der Waals surface area contributed by atoms with E-state index in [1.54, 1.807) is 12.1 Å². The van der Waals surface area contributed by atoms with Crippen molar-refractivity contribution in [3.05, 3.63) is 59.7 Å². The first kappa shape index (κ1) is 21.2. The lowest BCUT2D eigenvalue weighted by molar-refractivity contribution is 0.0536. The zero-order valence-corrected chi connectivity index (χ0v) is 15.6. The zero-order chi connectivity index (χ0) is 19.9. The monoisotopic (exact) mass is 378 g/mol. The van der Waals surface area contributed by atoms with Gasteiger partial charge in [-0.25, -0.2) is 4.39 Å². The molecule has 2 atom stereocenters. The molecule has 2 rings (SSSR count). The van der Waals surface area contributed by atoms with E-state index in [0.29, 0.717) is 11.5 Å². The van der Waals surface area contributed by atoms with E-state index in [2.05, 4.69) is 13.8 Å². The van der Waals surface area contributed by atoms with Crippen molar-refractivity contribution in [1.82, 2.24) is 0 Å². The maximum atomic E-state index is 12.3. The van der Waals surface area contributed by atoms with E-state index >= 15 is 0 Å². The molecule has 0 aromatic heterocycles. The Balaban J connectivity index is 2.04. The predicted octanol–water partition coefficient (Wildman–Crippen LogP) is 2.45. The number of aliphatic hydroxyl groups is 3. The summed E-state index contributed by atoms with van der Waals surface area (Å²) < 4.78 is 23.1. The fourth-order valence-electron chi connectivity index (χ4n) is 2.58. The van der Waals surface area contributed by atoms with E-state index in [4.69, 9.17) is 14.6 Å². The Kier molecular flexibility index (Phi) is 7.59. The summed E-state index contributed by atoms with van der Waals surface area (Å²) in [4.78, 5) is 0. The lowest BCUT2D eigenvalue weighted by Crippen LogP contribution is -2.21. The van der Waals surface area contributed by atoms with Crippen LogP contribution in [0.15, 0.2) is 48.5 Å². The van der Waals surface area contributed by atoms with E-state index in [0.717, 1.165) is 11.1 Å². The molecular weight excluding hydrogens is 351 g/mol. The van der Waals surface area contributed by atoms with Gasteiger partial charge in [-0.1, -0.05) is 38.1 Å². The molecule has 0 bridgehead atoms. The molecule has 2 unspecified atom stereocenters. The van der Waals surface area contributed by atoms with Gasteiger partial charge in [-0.15, -0.1) is 0 Å². The first-order valence-electron chi connectivity index (χ1n) is 8.86. The first-order chi connectivity index (χ1) is 12.9. The summed E-state index contributed by atoms with van der Waals surface area (Å²) in [6.07, 6.45) is -2.01. The van der Waals surface area contributed by atoms with Gasteiger partial charge in [-0.3, -0.25) is 0 Å². The molecule has 0 aliphatic carbocycles. The summed E-state index contributed by atoms with van der Waals surface area (Å²) in [5.41, 5.74) is 1.89. The van der Waals surface area contributed by atoms with Gasteiger partial charge >= 0.3 is 0 Å². The third kappa shape index (κ3) is 5.92. The van der Waals surface area contributed by atoms with Crippen molar-refractivity contribution >= 4 is 0 Å². The minimum Gasteiger partial charge on any atom is -0.491 e. The molecule has 0 saturated heterocycles. The van der Waals surface area contributed by atoms with Crippen molar-refractivity contribution in [2.75, 3.05) is 26.5 Å². The number of alkyl halides is 1. The second-order valence-electron chi connectivity index (χ2n) is 6.94. The smallest absolute Gasteiger partial charge is 0.119 e. The van der Waals surface area contributed by atoms with Crippen LogP contribution in [0, 0.1) is 0 Å². The van der Waals surface area contributed by atoms with Crippen LogP contribution in [-0.4, -0.2) is 54.0 Å². The summed E-state index contributed by atoms with van der Waals surface area (Å²) in [6, 6.07) is 15.1. The van der Waals surface area contributed by atoms with Crippen LogP contribution in [0.25, 0.3) is 0 Å². The number of ether oxygens (including phenoxy) is 2. The third-order valence-electron chi connectivity index (χ3n) is 4.43. The van der Waals surface area contributed by atoms with Gasteiger partial charge < -0.3 is 24.8 Å². The van der Waals surface area contributed by atoms with Crippen LogP contribution in [0.5, 0.6) is 11.5 Å². The Morgan fingerprint density at radius 2 is 1.22 bits per heavy atom. The Morgan fingerprint density at radius 3 is 1.59 bits per heavy atom. The number of hydrogen-bond donors (Lipinski definition) is 3. The molecule has 0 heterocycles. The van der Waals surface area contributed by atoms with E-state index < -0.39 is 18.9 Å². The lowest BCUT2D eigenvalue weighted by atomic mass is 9.78. The second-order valence-corrected chi connectivity index (χ2v) is 6.94. The number of benzene rings is 2. The molecule has 27 heavy (non-hydrogen) atoms. The summed E-state index contributed by atoms with van der Waals surface area (Å²) in [6.45, 7) is 2.99. The van der Waals surface area contributed by atoms with E-state index in [1.807, 2.05) is 36.4 Å². The Morgan fingerprint density at radius 1 is 0.815 bits per heavy atom. The fourth-order valence-corrected chi connectivity index (χ4v) is 2.58. The van der Waals surface area contributed by atoms with Gasteiger partial charge in [0.25, 0.3) is 0 Å². The molecule has 0 fully saturated rings. The van der Waals surface area contributed by atoms with Gasteiger partial charge in [-0.05, 0) is 35.4 Å². The van der Waals surface area contributed by atoms with Crippen LogP contribution in [0.3, 0.4) is 0 Å². The summed E-state index contributed by atoms with van der Waals surface area (Å²) in [5, 5.41) is 27.4. The van der Waals surface area contributed by atoms with E-state index in [1.165, 1.54) is 0 Å². The second kappa shape index (κ2) is 9.69. The lowest BCUT2D eigenvalue weighted by Gasteiger charge is -2.26. The van der Waals surface area contributed by atoms with Crippen molar-refractivity contribution in [2.24, 2.45) is 0 Å². The normalized spacial score (nSPS) is 13.9. The summed E-state index contributed by atoms with van der Waals surface area (Å²) in [7, 11) is 0. The van der Waals surface area contributed by atoms with Crippen molar-refractivity contribution in [1.29, 1.82) is 0 Å². The third-order valence-corrected chi connectivity index (χ3v) is 4.43. The molecule has 2 aromatic carbocycles. The quantitative estimate of drug-likeness (QED) is 0.592. The summed E-state index contributed by atoms with van der Waals surface area (Å²) in [5.74, 6) is 1.20. The predicted molar refractivity (Wildman–Crippen MR) is 101 cm³/mol. The SMILES string of the molecule is CC(C)(c1ccc(OCC(O)CO)cc1)c1ccc(OCC(O)CF)cc1. The maximum Gasteiger partial charge on any atom is 0.119 e. The van der Waals surface area contributed by atoms with Gasteiger partial charge in [-0.2, -0.15) is 0 Å². The molecule has 0 radical (unpaired) electrons. The molecule has 2 aromatic rings. The number of rotatable bonds is 10. The van der Waals surface area contributed by atoms with Crippen molar-refractivity contribution in [3.63, 3.8) is 0 Å². The van der Waals surface area contributed by atoms with Crippen LogP contribution in [0.1, 0.15) is 25.0 Å². The highest BCUT2D eigenvalue weighted by Gasteiger charge is 2.23. The first-order valence-corrected chi connectivity index (χ1v) is 8.86. The maximum absolute atomic E-state index is 12.3. The average molecular weight is 378 g/mol. The highest BCUT2D eigenvalue weighted by Crippen LogP contribution is 2.33. The molecular formula is C21H27FO5. The van der Waals surface area contributed by atoms with Gasteiger partial charge in [0.15, 0.2) is 0 Å². The van der Waals surface area contributed by atoms with Crippen LogP contribution in [-0.2, 0) is 5.41 Å². The Bertz CT molecular complexity index is 625. The van der Waals surface area contributed by atoms with Gasteiger partial charge in [0.05, 0.1) is 6.61 Å². The van der Waals surface area contributed by atoms with Crippen LogP contribution < -0.4 is 9.47 Å². The molecule has 3 N–H and O–H groups in total. The molecule has 0 saturated carbocycles. The van der Waals surface area contributed by atoms with E-state index in [-0.39, 0.29) is 25.2 Å². The number of halogens is 1. The van der Waals surface area contributed by atoms with Crippen LogP contribution in [0.4, 0.5) is 4.39 Å².